The monoisotopic (exact) mass is 947 g/mol. The molecule has 0 bridgehead atoms. The average molecular weight is 948 g/mol. The molecule has 0 aliphatic heterocycles. The first-order valence-electron chi connectivity index (χ1n) is 30.4. The van der Waals surface area contributed by atoms with Crippen molar-refractivity contribution >= 4 is 17.9 Å². The lowest BCUT2D eigenvalue weighted by Crippen LogP contribution is -2.30. The maximum Gasteiger partial charge on any atom is 0.306 e. The Kier molecular flexibility index (Phi) is 54.0. The van der Waals surface area contributed by atoms with Gasteiger partial charge in [0.15, 0.2) is 6.10 Å². The van der Waals surface area contributed by atoms with E-state index in [9.17, 15) is 14.4 Å². The van der Waals surface area contributed by atoms with E-state index in [2.05, 4.69) is 27.7 Å². The van der Waals surface area contributed by atoms with Crippen molar-refractivity contribution in [1.29, 1.82) is 0 Å². The number of hydrogen-bond donors (Lipinski definition) is 0. The fourth-order valence-corrected chi connectivity index (χ4v) is 9.46. The second-order valence-electron chi connectivity index (χ2n) is 21.5. The zero-order valence-electron chi connectivity index (χ0n) is 45.9. The van der Waals surface area contributed by atoms with Gasteiger partial charge >= 0.3 is 17.9 Å². The normalized spacial score (nSPS) is 12.0. The summed E-state index contributed by atoms with van der Waals surface area (Å²) >= 11 is 0. The first-order valence-corrected chi connectivity index (χ1v) is 30.4. The molecule has 67 heavy (non-hydrogen) atoms. The van der Waals surface area contributed by atoms with Gasteiger partial charge in [0.05, 0.1) is 0 Å². The third kappa shape index (κ3) is 55.2. The molecular weight excluding hydrogens is 829 g/mol. The van der Waals surface area contributed by atoms with Gasteiger partial charge < -0.3 is 14.2 Å². The molecule has 0 radical (unpaired) electrons. The highest BCUT2D eigenvalue weighted by atomic mass is 16.6. The lowest BCUT2D eigenvalue weighted by Gasteiger charge is -2.18. The summed E-state index contributed by atoms with van der Waals surface area (Å²) in [5.74, 6) is 0.0142. The number of carbonyl (C=O) groups excluding carboxylic acids is 3. The standard InChI is InChI=1S/C61H118O6/c1-5-7-9-11-13-15-17-19-21-23-28-32-36-40-44-48-52-59(62)65-55-58(67-61(64)54-50-46-42-38-34-30-24-22-20-18-16-14-12-10-8-6-2)56-66-60(63)53-49-45-41-37-33-29-26-25-27-31-35-39-43-47-51-57(3)4/h57-58H,5-56H2,1-4H3/t58-/m0/s1. The SMILES string of the molecule is CCCCCCCCCCCCCCCCCCC(=O)OC[C@@H](COC(=O)CCCCCCCCCCCCCCCCC(C)C)OC(=O)CCCCCCCCCCCCCCCCCC. The fourth-order valence-electron chi connectivity index (χ4n) is 9.46. The van der Waals surface area contributed by atoms with Crippen molar-refractivity contribution in [2.75, 3.05) is 13.2 Å². The van der Waals surface area contributed by atoms with Gasteiger partial charge in [-0.2, -0.15) is 0 Å². The van der Waals surface area contributed by atoms with Crippen molar-refractivity contribution in [1.82, 2.24) is 0 Å². The van der Waals surface area contributed by atoms with Crippen molar-refractivity contribution in [2.45, 2.75) is 355 Å². The van der Waals surface area contributed by atoms with Crippen LogP contribution in [0.1, 0.15) is 349 Å². The molecule has 0 amide bonds. The van der Waals surface area contributed by atoms with Gasteiger partial charge in [-0.3, -0.25) is 14.4 Å². The average Bonchev–Trinajstić information content (AvgIpc) is 3.31. The van der Waals surface area contributed by atoms with E-state index in [1.54, 1.807) is 0 Å². The van der Waals surface area contributed by atoms with Crippen molar-refractivity contribution in [3.05, 3.63) is 0 Å². The number of carbonyl (C=O) groups is 3. The zero-order chi connectivity index (χ0) is 48.8. The van der Waals surface area contributed by atoms with Crippen LogP contribution in [0.5, 0.6) is 0 Å². The van der Waals surface area contributed by atoms with Crippen LogP contribution in [-0.2, 0) is 28.6 Å². The summed E-state index contributed by atoms with van der Waals surface area (Å²) < 4.78 is 16.9. The minimum Gasteiger partial charge on any atom is -0.462 e. The molecule has 0 N–H and O–H groups in total. The number of rotatable bonds is 56. The predicted octanol–water partition coefficient (Wildman–Crippen LogP) is 20.2. The van der Waals surface area contributed by atoms with Crippen molar-refractivity contribution < 1.29 is 28.6 Å². The van der Waals surface area contributed by atoms with E-state index in [0.29, 0.717) is 19.3 Å². The summed E-state index contributed by atoms with van der Waals surface area (Å²) in [5.41, 5.74) is 0. The molecule has 0 saturated carbocycles. The van der Waals surface area contributed by atoms with E-state index in [0.717, 1.165) is 63.7 Å². The molecule has 6 nitrogen and oxygen atoms in total. The molecule has 0 rings (SSSR count). The highest BCUT2D eigenvalue weighted by molar-refractivity contribution is 5.71. The van der Waals surface area contributed by atoms with Crippen molar-refractivity contribution in [3.8, 4) is 0 Å². The van der Waals surface area contributed by atoms with E-state index < -0.39 is 6.10 Å². The van der Waals surface area contributed by atoms with E-state index in [1.807, 2.05) is 0 Å². The molecule has 0 fully saturated rings. The third-order valence-corrected chi connectivity index (χ3v) is 14.0. The zero-order valence-corrected chi connectivity index (χ0v) is 45.9. The molecule has 0 aliphatic rings. The summed E-state index contributed by atoms with van der Waals surface area (Å²) in [6, 6.07) is 0. The highest BCUT2D eigenvalue weighted by Crippen LogP contribution is 2.18. The van der Waals surface area contributed by atoms with Gasteiger partial charge in [0.1, 0.15) is 13.2 Å². The van der Waals surface area contributed by atoms with Gasteiger partial charge in [-0.05, 0) is 25.2 Å². The summed E-state index contributed by atoms with van der Waals surface area (Å²) in [6.45, 7) is 9.08. The molecule has 6 heteroatoms. The summed E-state index contributed by atoms with van der Waals surface area (Å²) in [7, 11) is 0. The Morgan fingerprint density at radius 3 is 0.731 bits per heavy atom. The lowest BCUT2D eigenvalue weighted by atomic mass is 10.0. The Hall–Kier alpha value is -1.59. The smallest absolute Gasteiger partial charge is 0.306 e. The van der Waals surface area contributed by atoms with Gasteiger partial charge in [-0.15, -0.1) is 0 Å². The number of ether oxygens (including phenoxy) is 3. The van der Waals surface area contributed by atoms with Crippen LogP contribution in [0.15, 0.2) is 0 Å². The maximum absolute atomic E-state index is 12.9. The molecule has 1 atom stereocenters. The number of hydrogen-bond acceptors (Lipinski definition) is 6. The number of esters is 3. The van der Waals surface area contributed by atoms with Gasteiger partial charge in [-0.1, -0.05) is 310 Å². The van der Waals surface area contributed by atoms with Crippen LogP contribution in [-0.4, -0.2) is 37.2 Å². The van der Waals surface area contributed by atoms with Gasteiger partial charge in [0, 0.05) is 19.3 Å². The van der Waals surface area contributed by atoms with Crippen molar-refractivity contribution in [3.63, 3.8) is 0 Å². The Labute approximate surface area is 418 Å². The van der Waals surface area contributed by atoms with Crippen LogP contribution in [0.25, 0.3) is 0 Å². The quantitative estimate of drug-likeness (QED) is 0.0343. The Morgan fingerprint density at radius 2 is 0.493 bits per heavy atom. The molecule has 398 valence electrons. The Morgan fingerprint density at radius 1 is 0.284 bits per heavy atom. The van der Waals surface area contributed by atoms with Gasteiger partial charge in [0.2, 0.25) is 0 Å². The molecular formula is C61H118O6. The third-order valence-electron chi connectivity index (χ3n) is 14.0. The van der Waals surface area contributed by atoms with Crippen LogP contribution in [0.2, 0.25) is 0 Å². The van der Waals surface area contributed by atoms with E-state index in [1.165, 1.54) is 244 Å². The molecule has 0 aliphatic carbocycles. The molecule has 0 aromatic carbocycles. The summed E-state index contributed by atoms with van der Waals surface area (Å²) in [6.07, 6.45) is 60.9. The minimum absolute atomic E-state index is 0.0614. The summed E-state index contributed by atoms with van der Waals surface area (Å²) in [5, 5.41) is 0. The molecule has 0 unspecified atom stereocenters. The molecule has 0 saturated heterocycles. The van der Waals surface area contributed by atoms with Gasteiger partial charge in [0.25, 0.3) is 0 Å². The number of unbranched alkanes of at least 4 members (excludes halogenated alkanes) is 43. The van der Waals surface area contributed by atoms with E-state index in [4.69, 9.17) is 14.2 Å². The first kappa shape index (κ1) is 65.4. The van der Waals surface area contributed by atoms with Crippen LogP contribution >= 0.6 is 0 Å². The van der Waals surface area contributed by atoms with Crippen LogP contribution in [0.3, 0.4) is 0 Å². The van der Waals surface area contributed by atoms with Gasteiger partial charge in [-0.25, -0.2) is 0 Å². The Balaban J connectivity index is 4.29. The molecule has 0 aromatic rings. The van der Waals surface area contributed by atoms with Crippen LogP contribution < -0.4 is 0 Å². The maximum atomic E-state index is 12.9. The van der Waals surface area contributed by atoms with E-state index in [-0.39, 0.29) is 31.1 Å². The van der Waals surface area contributed by atoms with Crippen LogP contribution in [0, 0.1) is 5.92 Å². The highest BCUT2D eigenvalue weighted by Gasteiger charge is 2.19. The largest absolute Gasteiger partial charge is 0.462 e. The molecule has 0 heterocycles. The minimum atomic E-state index is -0.762. The predicted molar refractivity (Wildman–Crippen MR) is 289 cm³/mol. The fraction of sp³-hybridized carbons (Fsp3) is 0.951. The van der Waals surface area contributed by atoms with Crippen LogP contribution in [0.4, 0.5) is 0 Å². The first-order chi connectivity index (χ1) is 32.9. The van der Waals surface area contributed by atoms with E-state index >= 15 is 0 Å². The molecule has 0 aromatic heterocycles. The second kappa shape index (κ2) is 55.3. The van der Waals surface area contributed by atoms with Crippen molar-refractivity contribution in [2.24, 2.45) is 5.92 Å². The second-order valence-corrected chi connectivity index (χ2v) is 21.5. The Bertz CT molecular complexity index is 1010. The lowest BCUT2D eigenvalue weighted by molar-refractivity contribution is -0.167. The summed E-state index contributed by atoms with van der Waals surface area (Å²) in [4.78, 5) is 38.2. The molecule has 0 spiro atoms. The topological polar surface area (TPSA) is 78.9 Å².